The molecule has 1 heterocycles. The van der Waals surface area contributed by atoms with Crippen molar-refractivity contribution in [2.45, 2.75) is 30.8 Å². The highest BCUT2D eigenvalue weighted by atomic mass is 35.5. The molecule has 0 spiro atoms. The normalized spacial score (nSPS) is 25.6. The maximum absolute atomic E-state index is 12.5. The first kappa shape index (κ1) is 13.8. The number of aliphatic hydroxyl groups is 1. The summed E-state index contributed by atoms with van der Waals surface area (Å²) in [5.41, 5.74) is -0.287. The van der Waals surface area contributed by atoms with E-state index >= 15 is 0 Å². The summed E-state index contributed by atoms with van der Waals surface area (Å²) >= 11 is 5.85. The van der Waals surface area contributed by atoms with Crippen molar-refractivity contribution in [3.63, 3.8) is 0 Å². The van der Waals surface area contributed by atoms with E-state index in [1.54, 1.807) is 26.0 Å². The van der Waals surface area contributed by atoms with Gasteiger partial charge in [-0.3, -0.25) is 0 Å². The van der Waals surface area contributed by atoms with Gasteiger partial charge in [0.15, 0.2) is 0 Å². The molecule has 1 aromatic rings. The predicted molar refractivity (Wildman–Crippen MR) is 70.2 cm³/mol. The summed E-state index contributed by atoms with van der Waals surface area (Å²) in [6, 6.07) is 4.80. The van der Waals surface area contributed by atoms with E-state index in [0.717, 1.165) is 0 Å². The minimum Gasteiger partial charge on any atom is -0.389 e. The van der Waals surface area contributed by atoms with Crippen molar-refractivity contribution in [3.05, 3.63) is 28.8 Å². The van der Waals surface area contributed by atoms with Crippen molar-refractivity contribution in [3.8, 4) is 0 Å². The first-order valence-corrected chi connectivity index (χ1v) is 7.53. The summed E-state index contributed by atoms with van der Waals surface area (Å²) in [6.45, 7) is 3.84. The van der Waals surface area contributed by atoms with Gasteiger partial charge in [-0.2, -0.15) is 4.31 Å². The Morgan fingerprint density at radius 3 is 2.67 bits per heavy atom. The Morgan fingerprint density at radius 2 is 2.11 bits per heavy atom. The SMILES string of the molecule is Cc1ccc(Cl)cc1S(=O)(=O)N1CCC(C)(O)C1. The lowest BCUT2D eigenvalue weighted by atomic mass is 10.1. The van der Waals surface area contributed by atoms with Gasteiger partial charge in [0.1, 0.15) is 0 Å². The molecule has 0 amide bonds. The van der Waals surface area contributed by atoms with Crippen LogP contribution >= 0.6 is 11.6 Å². The first-order valence-electron chi connectivity index (χ1n) is 5.71. The number of hydrogen-bond donors (Lipinski definition) is 1. The highest BCUT2D eigenvalue weighted by Gasteiger charge is 2.38. The predicted octanol–water partition coefficient (Wildman–Crippen LogP) is 1.79. The van der Waals surface area contributed by atoms with Gasteiger partial charge in [0.2, 0.25) is 10.0 Å². The highest BCUT2D eigenvalue weighted by molar-refractivity contribution is 7.89. The summed E-state index contributed by atoms with van der Waals surface area (Å²) in [4.78, 5) is 0.215. The maximum Gasteiger partial charge on any atom is 0.243 e. The standard InChI is InChI=1S/C12H16ClNO3S/c1-9-3-4-10(13)7-11(9)18(16,17)14-6-5-12(2,15)8-14/h3-4,7,15H,5-6,8H2,1-2H3. The number of hydrogen-bond acceptors (Lipinski definition) is 3. The Balaban J connectivity index is 2.40. The Morgan fingerprint density at radius 1 is 1.44 bits per heavy atom. The molecule has 6 heteroatoms. The number of rotatable bonds is 2. The molecule has 0 saturated carbocycles. The fourth-order valence-electron chi connectivity index (χ4n) is 2.10. The quantitative estimate of drug-likeness (QED) is 0.903. The van der Waals surface area contributed by atoms with E-state index in [1.165, 1.54) is 10.4 Å². The minimum absolute atomic E-state index is 0.126. The summed E-state index contributed by atoms with van der Waals surface area (Å²) in [6.07, 6.45) is 0.450. The second kappa shape index (κ2) is 4.49. The lowest BCUT2D eigenvalue weighted by molar-refractivity contribution is 0.0762. The van der Waals surface area contributed by atoms with Gasteiger partial charge < -0.3 is 5.11 Å². The molecule has 1 saturated heterocycles. The molecule has 1 aliphatic heterocycles. The Hall–Kier alpha value is -0.620. The van der Waals surface area contributed by atoms with Crippen molar-refractivity contribution in [1.29, 1.82) is 0 Å². The molecule has 1 fully saturated rings. The lowest BCUT2D eigenvalue weighted by Crippen LogP contribution is -2.34. The summed E-state index contributed by atoms with van der Waals surface area (Å²) in [7, 11) is -3.57. The topological polar surface area (TPSA) is 57.6 Å². The van der Waals surface area contributed by atoms with Crippen LogP contribution in [0.1, 0.15) is 18.9 Å². The molecule has 1 unspecified atom stereocenters. The number of β-amino-alcohol motifs (C(OH)–C–C–N with tert-alkyl or cyclic N) is 1. The van der Waals surface area contributed by atoms with Crippen LogP contribution in [0.25, 0.3) is 0 Å². The molecule has 0 aliphatic carbocycles. The van der Waals surface area contributed by atoms with Gasteiger partial charge in [-0.05, 0) is 38.0 Å². The number of halogens is 1. The lowest BCUT2D eigenvalue weighted by Gasteiger charge is -2.20. The van der Waals surface area contributed by atoms with Crippen molar-refractivity contribution in [2.75, 3.05) is 13.1 Å². The first-order chi connectivity index (χ1) is 8.22. The number of benzene rings is 1. The third-order valence-corrected chi connectivity index (χ3v) is 5.41. The average Bonchev–Trinajstić information content (AvgIpc) is 2.63. The Labute approximate surface area is 112 Å². The molecule has 2 rings (SSSR count). The molecule has 0 radical (unpaired) electrons. The third kappa shape index (κ3) is 2.54. The van der Waals surface area contributed by atoms with E-state index in [1.807, 2.05) is 0 Å². The van der Waals surface area contributed by atoms with E-state index in [2.05, 4.69) is 0 Å². The molecule has 1 aromatic carbocycles. The summed E-state index contributed by atoms with van der Waals surface area (Å²) < 4.78 is 26.2. The van der Waals surface area contributed by atoms with Crippen LogP contribution in [0.2, 0.25) is 5.02 Å². The van der Waals surface area contributed by atoms with Gasteiger partial charge in [-0.15, -0.1) is 0 Å². The Kier molecular flexibility index (Phi) is 3.44. The fraction of sp³-hybridized carbons (Fsp3) is 0.500. The third-order valence-electron chi connectivity index (χ3n) is 3.18. The van der Waals surface area contributed by atoms with Crippen LogP contribution < -0.4 is 0 Å². The minimum atomic E-state index is -3.57. The molecule has 100 valence electrons. The van der Waals surface area contributed by atoms with Crippen molar-refractivity contribution >= 4 is 21.6 Å². The van der Waals surface area contributed by atoms with Crippen LogP contribution in [0.3, 0.4) is 0 Å². The Bertz CT molecular complexity index is 569. The number of sulfonamides is 1. The van der Waals surface area contributed by atoms with E-state index in [9.17, 15) is 13.5 Å². The largest absolute Gasteiger partial charge is 0.389 e. The van der Waals surface area contributed by atoms with Crippen LogP contribution in [0.4, 0.5) is 0 Å². The van der Waals surface area contributed by atoms with E-state index < -0.39 is 15.6 Å². The molecule has 1 aliphatic rings. The van der Waals surface area contributed by atoms with Gasteiger partial charge in [-0.1, -0.05) is 17.7 Å². The average molecular weight is 290 g/mol. The van der Waals surface area contributed by atoms with E-state index in [4.69, 9.17) is 11.6 Å². The molecule has 0 bridgehead atoms. The van der Waals surface area contributed by atoms with Crippen LogP contribution in [0.15, 0.2) is 23.1 Å². The second-order valence-electron chi connectivity index (χ2n) is 5.00. The summed E-state index contributed by atoms with van der Waals surface area (Å²) in [5, 5.41) is 10.3. The second-order valence-corrected chi connectivity index (χ2v) is 7.34. The van der Waals surface area contributed by atoms with Gasteiger partial charge in [0.05, 0.1) is 10.5 Å². The molecule has 18 heavy (non-hydrogen) atoms. The molecular weight excluding hydrogens is 274 g/mol. The van der Waals surface area contributed by atoms with Crippen LogP contribution in [-0.2, 0) is 10.0 Å². The fourth-order valence-corrected chi connectivity index (χ4v) is 4.15. The molecule has 1 N–H and O–H groups in total. The highest BCUT2D eigenvalue weighted by Crippen LogP contribution is 2.29. The molecule has 0 aromatic heterocycles. The molecular formula is C12H16ClNO3S. The van der Waals surface area contributed by atoms with Crippen LogP contribution in [-0.4, -0.2) is 36.5 Å². The summed E-state index contributed by atoms with van der Waals surface area (Å²) in [5.74, 6) is 0. The van der Waals surface area contributed by atoms with E-state index in [0.29, 0.717) is 23.6 Å². The number of aryl methyl sites for hydroxylation is 1. The zero-order valence-corrected chi connectivity index (χ0v) is 11.9. The molecule has 1 atom stereocenters. The molecule has 4 nitrogen and oxygen atoms in total. The van der Waals surface area contributed by atoms with Crippen molar-refractivity contribution in [2.24, 2.45) is 0 Å². The van der Waals surface area contributed by atoms with Gasteiger partial charge in [0.25, 0.3) is 0 Å². The monoisotopic (exact) mass is 289 g/mol. The van der Waals surface area contributed by atoms with Gasteiger partial charge in [0, 0.05) is 18.1 Å². The van der Waals surface area contributed by atoms with Crippen LogP contribution in [0.5, 0.6) is 0 Å². The zero-order chi connectivity index (χ0) is 13.6. The van der Waals surface area contributed by atoms with Crippen molar-refractivity contribution < 1.29 is 13.5 Å². The van der Waals surface area contributed by atoms with Crippen molar-refractivity contribution in [1.82, 2.24) is 4.31 Å². The smallest absolute Gasteiger partial charge is 0.243 e. The van der Waals surface area contributed by atoms with E-state index in [-0.39, 0.29) is 11.4 Å². The zero-order valence-electron chi connectivity index (χ0n) is 10.4. The maximum atomic E-state index is 12.5. The van der Waals surface area contributed by atoms with Gasteiger partial charge >= 0.3 is 0 Å². The van der Waals surface area contributed by atoms with Crippen LogP contribution in [0, 0.1) is 6.92 Å². The van der Waals surface area contributed by atoms with Gasteiger partial charge in [-0.25, -0.2) is 8.42 Å². The number of nitrogens with zero attached hydrogens (tertiary/aromatic N) is 1.